The molecule has 0 bridgehead atoms. The molecule has 3 rings (SSSR count). The van der Waals surface area contributed by atoms with E-state index in [9.17, 15) is 9.59 Å². The summed E-state index contributed by atoms with van der Waals surface area (Å²) in [4.78, 5) is 28.3. The van der Waals surface area contributed by atoms with Gasteiger partial charge in [0.1, 0.15) is 5.69 Å². The van der Waals surface area contributed by atoms with Gasteiger partial charge in [-0.05, 0) is 42.8 Å². The Bertz CT molecular complexity index is 956. The first-order valence-electron chi connectivity index (χ1n) is 7.62. The van der Waals surface area contributed by atoms with E-state index >= 15 is 0 Å². The van der Waals surface area contributed by atoms with E-state index < -0.39 is 11.9 Å². The van der Waals surface area contributed by atoms with Crippen molar-refractivity contribution in [2.75, 3.05) is 11.9 Å². The molecule has 6 heteroatoms. The van der Waals surface area contributed by atoms with Crippen molar-refractivity contribution in [1.29, 1.82) is 0 Å². The summed E-state index contributed by atoms with van der Waals surface area (Å²) >= 11 is 3.40. The number of nitrogens with one attached hydrogen (secondary N) is 1. The second kappa shape index (κ2) is 7.44. The zero-order valence-electron chi connectivity index (χ0n) is 13.5. The number of nitrogens with zero attached hydrogens (tertiary/aromatic N) is 1. The summed E-state index contributed by atoms with van der Waals surface area (Å²) < 4.78 is 6.00. The molecule has 2 aromatic carbocycles. The SMILES string of the molecule is Cc1cc(NC(=O)COC(=O)c2ccc3ccccc3n2)ccc1Br. The van der Waals surface area contributed by atoms with Gasteiger partial charge in [0.15, 0.2) is 6.61 Å². The highest BCUT2D eigenvalue weighted by Crippen LogP contribution is 2.20. The van der Waals surface area contributed by atoms with Crippen LogP contribution in [0, 0.1) is 6.92 Å². The van der Waals surface area contributed by atoms with E-state index in [0.717, 1.165) is 15.4 Å². The molecule has 3 aromatic rings. The second-order valence-electron chi connectivity index (χ2n) is 5.48. The first-order chi connectivity index (χ1) is 12.0. The number of para-hydroxylation sites is 1. The number of aromatic nitrogens is 1. The zero-order chi connectivity index (χ0) is 17.8. The number of anilines is 1. The highest BCUT2D eigenvalue weighted by Gasteiger charge is 2.12. The lowest BCUT2D eigenvalue weighted by atomic mass is 10.2. The summed E-state index contributed by atoms with van der Waals surface area (Å²) in [5, 5.41) is 3.62. The van der Waals surface area contributed by atoms with Crippen LogP contribution in [0.4, 0.5) is 5.69 Å². The molecule has 25 heavy (non-hydrogen) atoms. The Labute approximate surface area is 153 Å². The molecule has 0 aliphatic carbocycles. The van der Waals surface area contributed by atoms with Crippen LogP contribution in [0.25, 0.3) is 10.9 Å². The Hall–Kier alpha value is -2.73. The fourth-order valence-electron chi connectivity index (χ4n) is 2.30. The monoisotopic (exact) mass is 398 g/mol. The molecular formula is C19H15BrN2O3. The third-order valence-electron chi connectivity index (χ3n) is 3.58. The number of carbonyl (C=O) groups excluding carboxylic acids is 2. The average molecular weight is 399 g/mol. The lowest BCUT2D eigenvalue weighted by molar-refractivity contribution is -0.119. The maximum atomic E-state index is 12.1. The molecule has 0 aliphatic rings. The number of benzene rings is 2. The van der Waals surface area contributed by atoms with E-state index in [1.165, 1.54) is 0 Å². The van der Waals surface area contributed by atoms with Crippen molar-refractivity contribution in [2.45, 2.75) is 6.92 Å². The molecule has 0 fully saturated rings. The van der Waals surface area contributed by atoms with Crippen LogP contribution in [0.5, 0.6) is 0 Å². The summed E-state index contributed by atoms with van der Waals surface area (Å²) in [6, 6.07) is 16.3. The van der Waals surface area contributed by atoms with Crippen LogP contribution in [0.3, 0.4) is 0 Å². The summed E-state index contributed by atoms with van der Waals surface area (Å²) in [5.74, 6) is -1.04. The molecule has 1 heterocycles. The second-order valence-corrected chi connectivity index (χ2v) is 6.33. The Balaban J connectivity index is 1.60. The quantitative estimate of drug-likeness (QED) is 0.671. The van der Waals surface area contributed by atoms with E-state index in [2.05, 4.69) is 26.2 Å². The number of pyridine rings is 1. The molecule has 0 spiro atoms. The third-order valence-corrected chi connectivity index (χ3v) is 4.47. The highest BCUT2D eigenvalue weighted by atomic mass is 79.9. The van der Waals surface area contributed by atoms with Gasteiger partial charge in [-0.25, -0.2) is 9.78 Å². The van der Waals surface area contributed by atoms with E-state index in [1.54, 1.807) is 18.2 Å². The Morgan fingerprint density at radius 3 is 2.72 bits per heavy atom. The Morgan fingerprint density at radius 2 is 1.92 bits per heavy atom. The van der Waals surface area contributed by atoms with Crippen molar-refractivity contribution < 1.29 is 14.3 Å². The summed E-state index contributed by atoms with van der Waals surface area (Å²) in [7, 11) is 0. The lowest BCUT2D eigenvalue weighted by Gasteiger charge is -2.08. The van der Waals surface area contributed by atoms with Gasteiger partial charge in [-0.3, -0.25) is 4.79 Å². The van der Waals surface area contributed by atoms with Gasteiger partial charge in [0, 0.05) is 15.5 Å². The van der Waals surface area contributed by atoms with Crippen molar-refractivity contribution in [3.05, 3.63) is 70.3 Å². The number of aryl methyl sites for hydroxylation is 1. The van der Waals surface area contributed by atoms with Crippen LogP contribution in [0.1, 0.15) is 16.1 Å². The van der Waals surface area contributed by atoms with E-state index in [1.807, 2.05) is 43.3 Å². The third kappa shape index (κ3) is 4.22. The fourth-order valence-corrected chi connectivity index (χ4v) is 2.55. The predicted molar refractivity (Wildman–Crippen MR) is 99.5 cm³/mol. The molecule has 1 aromatic heterocycles. The van der Waals surface area contributed by atoms with Gasteiger partial charge in [0.25, 0.3) is 5.91 Å². The van der Waals surface area contributed by atoms with Crippen LogP contribution in [-0.4, -0.2) is 23.5 Å². The standard InChI is InChI=1S/C19H15BrN2O3/c1-12-10-14(7-8-15(12)20)21-18(23)11-25-19(24)17-9-6-13-4-2-3-5-16(13)22-17/h2-10H,11H2,1H3,(H,21,23). The van der Waals surface area contributed by atoms with Crippen molar-refractivity contribution in [2.24, 2.45) is 0 Å². The number of carbonyl (C=O) groups is 2. The van der Waals surface area contributed by atoms with Gasteiger partial charge in [-0.2, -0.15) is 0 Å². The van der Waals surface area contributed by atoms with E-state index in [0.29, 0.717) is 11.2 Å². The number of hydrogen-bond acceptors (Lipinski definition) is 4. The van der Waals surface area contributed by atoms with Crippen molar-refractivity contribution in [3.8, 4) is 0 Å². The van der Waals surface area contributed by atoms with Crippen molar-refractivity contribution in [1.82, 2.24) is 4.98 Å². The van der Waals surface area contributed by atoms with Crippen molar-refractivity contribution >= 4 is 44.4 Å². The smallest absolute Gasteiger partial charge is 0.357 e. The minimum atomic E-state index is -0.632. The number of ether oxygens (including phenoxy) is 1. The fraction of sp³-hybridized carbons (Fsp3) is 0.105. The maximum Gasteiger partial charge on any atom is 0.357 e. The summed E-state index contributed by atoms with van der Waals surface area (Å²) in [6.07, 6.45) is 0. The normalized spacial score (nSPS) is 10.5. The summed E-state index contributed by atoms with van der Waals surface area (Å²) in [5.41, 5.74) is 2.51. The molecule has 1 N–H and O–H groups in total. The molecule has 0 saturated heterocycles. The molecule has 0 saturated carbocycles. The average Bonchev–Trinajstić information content (AvgIpc) is 2.62. The van der Waals surface area contributed by atoms with E-state index in [-0.39, 0.29) is 12.3 Å². The van der Waals surface area contributed by atoms with Crippen LogP contribution in [0.2, 0.25) is 0 Å². The highest BCUT2D eigenvalue weighted by molar-refractivity contribution is 9.10. The predicted octanol–water partition coefficient (Wildman–Crippen LogP) is 4.10. The molecule has 0 atom stereocenters. The number of amides is 1. The van der Waals surface area contributed by atoms with Crippen molar-refractivity contribution in [3.63, 3.8) is 0 Å². The number of hydrogen-bond donors (Lipinski definition) is 1. The van der Waals surface area contributed by atoms with Crippen LogP contribution in [-0.2, 0) is 9.53 Å². The molecular weight excluding hydrogens is 384 g/mol. The number of fused-ring (bicyclic) bond motifs is 1. The van der Waals surface area contributed by atoms with Crippen LogP contribution < -0.4 is 5.32 Å². The molecule has 0 unspecified atom stereocenters. The van der Waals surface area contributed by atoms with Gasteiger partial charge in [0.05, 0.1) is 5.52 Å². The molecule has 1 amide bonds. The van der Waals surface area contributed by atoms with Gasteiger partial charge in [-0.1, -0.05) is 40.2 Å². The minimum Gasteiger partial charge on any atom is -0.451 e. The van der Waals surface area contributed by atoms with Gasteiger partial charge >= 0.3 is 5.97 Å². The molecule has 126 valence electrons. The van der Waals surface area contributed by atoms with Gasteiger partial charge < -0.3 is 10.1 Å². The molecule has 0 radical (unpaired) electrons. The topological polar surface area (TPSA) is 68.3 Å². The minimum absolute atomic E-state index is 0.172. The van der Waals surface area contributed by atoms with E-state index in [4.69, 9.17) is 4.74 Å². The van der Waals surface area contributed by atoms with Crippen LogP contribution >= 0.6 is 15.9 Å². The Kier molecular flexibility index (Phi) is 5.09. The maximum absolute atomic E-state index is 12.1. The number of rotatable bonds is 4. The zero-order valence-corrected chi connectivity index (χ0v) is 15.0. The Morgan fingerprint density at radius 1 is 1.12 bits per heavy atom. The van der Waals surface area contributed by atoms with Gasteiger partial charge in [-0.15, -0.1) is 0 Å². The largest absolute Gasteiger partial charge is 0.451 e. The summed E-state index contributed by atoms with van der Waals surface area (Å²) in [6.45, 7) is 1.55. The number of esters is 1. The number of halogens is 1. The first-order valence-corrected chi connectivity index (χ1v) is 8.41. The van der Waals surface area contributed by atoms with Crippen LogP contribution in [0.15, 0.2) is 59.1 Å². The molecule has 5 nitrogen and oxygen atoms in total. The first kappa shape index (κ1) is 17.1. The van der Waals surface area contributed by atoms with Gasteiger partial charge in [0.2, 0.25) is 0 Å². The molecule has 0 aliphatic heterocycles. The lowest BCUT2D eigenvalue weighted by Crippen LogP contribution is -2.21.